The first-order chi connectivity index (χ1) is 12.6. The van der Waals surface area contributed by atoms with Gasteiger partial charge in [-0.05, 0) is 18.2 Å². The molecular weight excluding hydrogens is 344 g/mol. The first kappa shape index (κ1) is 18.2. The lowest BCUT2D eigenvalue weighted by Crippen LogP contribution is -2.41. The number of halogens is 2. The molecule has 0 saturated carbocycles. The quantitative estimate of drug-likeness (QED) is 0.811. The molecule has 0 spiro atoms. The zero-order valence-corrected chi connectivity index (χ0v) is 14.0. The lowest BCUT2D eigenvalue weighted by molar-refractivity contribution is 0.0383. The summed E-state index contributed by atoms with van der Waals surface area (Å²) in [6, 6.07) is 4.93. The number of benzene rings is 1. The minimum atomic E-state index is -0.769. The van der Waals surface area contributed by atoms with E-state index in [1.807, 2.05) is 0 Å². The second kappa shape index (κ2) is 8.63. The van der Waals surface area contributed by atoms with Gasteiger partial charge in [0.05, 0.1) is 13.2 Å². The number of carbonyl (C=O) groups excluding carboxylic acids is 1. The average molecular weight is 363 g/mol. The maximum absolute atomic E-state index is 13.7. The summed E-state index contributed by atoms with van der Waals surface area (Å²) in [6.45, 7) is 4.25. The highest BCUT2D eigenvalue weighted by Crippen LogP contribution is 2.21. The molecule has 0 radical (unpaired) electrons. The fourth-order valence-corrected chi connectivity index (χ4v) is 2.52. The standard InChI is InChI=1S/C17H19F2N5O2/c18-12-2-1-3-13(19)15(12)23-17-21-5-4-14(22-17)16(25)20-6-7-24-8-10-26-11-9-24/h1-5H,6-11H2,(H,20,25)(H,21,22,23). The molecular formula is C17H19F2N5O2. The molecule has 0 aliphatic carbocycles. The monoisotopic (exact) mass is 363 g/mol. The van der Waals surface area contributed by atoms with Crippen molar-refractivity contribution in [3.8, 4) is 0 Å². The molecule has 1 fully saturated rings. The second-order valence-corrected chi connectivity index (χ2v) is 5.70. The number of amides is 1. The van der Waals surface area contributed by atoms with Gasteiger partial charge in [-0.1, -0.05) is 6.07 Å². The van der Waals surface area contributed by atoms with Gasteiger partial charge >= 0.3 is 0 Å². The van der Waals surface area contributed by atoms with Crippen LogP contribution < -0.4 is 10.6 Å². The Kier molecular flexibility index (Phi) is 6.03. The summed E-state index contributed by atoms with van der Waals surface area (Å²) in [5.41, 5.74) is -0.251. The van der Waals surface area contributed by atoms with E-state index in [0.29, 0.717) is 26.3 Å². The molecule has 138 valence electrons. The number of carbonyl (C=O) groups is 1. The van der Waals surface area contributed by atoms with Crippen LogP contribution in [-0.2, 0) is 4.74 Å². The molecule has 2 N–H and O–H groups in total. The highest BCUT2D eigenvalue weighted by molar-refractivity contribution is 5.92. The molecule has 1 amide bonds. The van der Waals surface area contributed by atoms with E-state index in [1.54, 1.807) is 0 Å². The van der Waals surface area contributed by atoms with Crippen LogP contribution in [0.1, 0.15) is 10.5 Å². The van der Waals surface area contributed by atoms with Crippen LogP contribution in [0.15, 0.2) is 30.5 Å². The SMILES string of the molecule is O=C(NCCN1CCOCC1)c1ccnc(Nc2c(F)cccc2F)n1. The molecule has 9 heteroatoms. The maximum atomic E-state index is 13.7. The Labute approximate surface area is 149 Å². The average Bonchev–Trinajstić information content (AvgIpc) is 2.66. The van der Waals surface area contributed by atoms with E-state index in [-0.39, 0.29) is 23.2 Å². The second-order valence-electron chi connectivity index (χ2n) is 5.70. The molecule has 0 unspecified atom stereocenters. The van der Waals surface area contributed by atoms with E-state index in [1.165, 1.54) is 18.3 Å². The molecule has 1 aromatic carbocycles. The van der Waals surface area contributed by atoms with Gasteiger partial charge in [0, 0.05) is 32.4 Å². The summed E-state index contributed by atoms with van der Waals surface area (Å²) in [4.78, 5) is 22.3. The van der Waals surface area contributed by atoms with Crippen LogP contribution in [0.3, 0.4) is 0 Å². The first-order valence-corrected chi connectivity index (χ1v) is 8.26. The van der Waals surface area contributed by atoms with Crippen molar-refractivity contribution in [2.24, 2.45) is 0 Å². The largest absolute Gasteiger partial charge is 0.379 e. The summed E-state index contributed by atoms with van der Waals surface area (Å²) in [7, 11) is 0. The number of morpholine rings is 1. The molecule has 1 saturated heterocycles. The molecule has 1 aliphatic heterocycles. The fraction of sp³-hybridized carbons (Fsp3) is 0.353. The summed E-state index contributed by atoms with van der Waals surface area (Å²) in [6.07, 6.45) is 1.35. The van der Waals surface area contributed by atoms with Crippen LogP contribution >= 0.6 is 0 Å². The highest BCUT2D eigenvalue weighted by Gasteiger charge is 2.14. The number of anilines is 2. The molecule has 3 rings (SSSR count). The van der Waals surface area contributed by atoms with E-state index in [2.05, 4.69) is 25.5 Å². The highest BCUT2D eigenvalue weighted by atomic mass is 19.1. The Bertz CT molecular complexity index is 748. The topological polar surface area (TPSA) is 79.4 Å². The Balaban J connectivity index is 1.58. The van der Waals surface area contributed by atoms with Crippen molar-refractivity contribution in [3.63, 3.8) is 0 Å². The van der Waals surface area contributed by atoms with Crippen LogP contribution in [-0.4, -0.2) is 60.2 Å². The number of aromatic nitrogens is 2. The van der Waals surface area contributed by atoms with Crippen LogP contribution in [0.25, 0.3) is 0 Å². The van der Waals surface area contributed by atoms with Gasteiger partial charge in [0.25, 0.3) is 5.91 Å². The number of nitrogens with zero attached hydrogens (tertiary/aromatic N) is 3. The van der Waals surface area contributed by atoms with Crippen LogP contribution in [0.4, 0.5) is 20.4 Å². The van der Waals surface area contributed by atoms with Crippen LogP contribution in [0.5, 0.6) is 0 Å². The molecule has 2 heterocycles. The van der Waals surface area contributed by atoms with Gasteiger partial charge in [-0.15, -0.1) is 0 Å². The number of hydrogen-bond donors (Lipinski definition) is 2. The third kappa shape index (κ3) is 4.70. The molecule has 7 nitrogen and oxygen atoms in total. The number of para-hydroxylation sites is 1. The van der Waals surface area contributed by atoms with Gasteiger partial charge in [-0.3, -0.25) is 9.69 Å². The molecule has 2 aromatic rings. The summed E-state index contributed by atoms with van der Waals surface area (Å²) >= 11 is 0. The van der Waals surface area contributed by atoms with Crippen molar-refractivity contribution in [2.75, 3.05) is 44.7 Å². The fourth-order valence-electron chi connectivity index (χ4n) is 2.52. The van der Waals surface area contributed by atoms with Crippen molar-refractivity contribution in [3.05, 3.63) is 47.8 Å². The van der Waals surface area contributed by atoms with Crippen molar-refractivity contribution >= 4 is 17.5 Å². The summed E-state index contributed by atoms with van der Waals surface area (Å²) in [5, 5.41) is 5.24. The Morgan fingerprint density at radius 3 is 2.65 bits per heavy atom. The molecule has 1 aromatic heterocycles. The van der Waals surface area contributed by atoms with Gasteiger partial charge in [-0.25, -0.2) is 18.7 Å². The predicted octanol–water partition coefficient (Wildman–Crippen LogP) is 1.56. The number of hydrogen-bond acceptors (Lipinski definition) is 6. The number of rotatable bonds is 6. The van der Waals surface area contributed by atoms with Crippen molar-refractivity contribution in [1.82, 2.24) is 20.2 Å². The molecule has 26 heavy (non-hydrogen) atoms. The van der Waals surface area contributed by atoms with Crippen LogP contribution in [0.2, 0.25) is 0 Å². The number of ether oxygens (including phenoxy) is 1. The lowest BCUT2D eigenvalue weighted by Gasteiger charge is -2.26. The zero-order valence-electron chi connectivity index (χ0n) is 14.0. The first-order valence-electron chi connectivity index (χ1n) is 8.26. The van der Waals surface area contributed by atoms with Crippen LogP contribution in [0, 0.1) is 11.6 Å². The van der Waals surface area contributed by atoms with Gasteiger partial charge < -0.3 is 15.4 Å². The maximum Gasteiger partial charge on any atom is 0.270 e. The summed E-state index contributed by atoms with van der Waals surface area (Å²) in [5.74, 6) is -1.98. The molecule has 0 atom stereocenters. The van der Waals surface area contributed by atoms with Gasteiger partial charge in [0.15, 0.2) is 0 Å². The third-order valence-corrected chi connectivity index (χ3v) is 3.91. The zero-order chi connectivity index (χ0) is 18.4. The lowest BCUT2D eigenvalue weighted by atomic mass is 10.3. The van der Waals surface area contributed by atoms with E-state index in [4.69, 9.17) is 4.74 Å². The van der Waals surface area contributed by atoms with Crippen molar-refractivity contribution < 1.29 is 18.3 Å². The van der Waals surface area contributed by atoms with E-state index in [9.17, 15) is 13.6 Å². The minimum absolute atomic E-state index is 0.0603. The van der Waals surface area contributed by atoms with Gasteiger partial charge in [0.1, 0.15) is 23.0 Å². The van der Waals surface area contributed by atoms with Gasteiger partial charge in [-0.2, -0.15) is 0 Å². The Hall–Kier alpha value is -2.65. The van der Waals surface area contributed by atoms with E-state index in [0.717, 1.165) is 25.2 Å². The van der Waals surface area contributed by atoms with Crippen molar-refractivity contribution in [1.29, 1.82) is 0 Å². The minimum Gasteiger partial charge on any atom is -0.379 e. The molecule has 0 bridgehead atoms. The van der Waals surface area contributed by atoms with E-state index < -0.39 is 11.6 Å². The number of nitrogens with one attached hydrogen (secondary N) is 2. The van der Waals surface area contributed by atoms with E-state index >= 15 is 0 Å². The summed E-state index contributed by atoms with van der Waals surface area (Å²) < 4.78 is 32.6. The molecule has 1 aliphatic rings. The Morgan fingerprint density at radius 1 is 1.19 bits per heavy atom. The van der Waals surface area contributed by atoms with Gasteiger partial charge in [0.2, 0.25) is 5.95 Å². The normalized spacial score (nSPS) is 14.8. The predicted molar refractivity (Wildman–Crippen MR) is 91.3 cm³/mol. The smallest absolute Gasteiger partial charge is 0.270 e. The van der Waals surface area contributed by atoms with Crippen molar-refractivity contribution in [2.45, 2.75) is 0 Å². The third-order valence-electron chi connectivity index (χ3n) is 3.91. The Morgan fingerprint density at radius 2 is 1.92 bits per heavy atom.